The Hall–Kier alpha value is -2.11. The Bertz CT molecular complexity index is 621. The van der Waals surface area contributed by atoms with E-state index >= 15 is 0 Å². The van der Waals surface area contributed by atoms with Crippen molar-refractivity contribution in [3.05, 3.63) is 23.5 Å². The van der Waals surface area contributed by atoms with Gasteiger partial charge in [0.2, 0.25) is 0 Å². The molecule has 2 heterocycles. The number of amides is 1. The minimum absolute atomic E-state index is 0.00595. The highest BCUT2D eigenvalue weighted by Gasteiger charge is 2.47. The summed E-state index contributed by atoms with van der Waals surface area (Å²) in [6, 6.07) is 0.760. The molecule has 1 saturated heterocycles. The van der Waals surface area contributed by atoms with Crippen LogP contribution in [0.1, 0.15) is 59.9 Å². The summed E-state index contributed by atoms with van der Waals surface area (Å²) in [6.07, 6.45) is 6.01. The number of Topliss-reactive ketones (excluding diaryl/α,β-unsaturated/α-hetero) is 1. The van der Waals surface area contributed by atoms with Gasteiger partial charge in [-0.15, -0.1) is 0 Å². The van der Waals surface area contributed by atoms with Gasteiger partial charge in [-0.05, 0) is 38.2 Å². The summed E-state index contributed by atoms with van der Waals surface area (Å²) >= 11 is 0. The van der Waals surface area contributed by atoms with E-state index in [1.165, 1.54) is 24.1 Å². The van der Waals surface area contributed by atoms with Crippen LogP contribution >= 0.6 is 0 Å². The Morgan fingerprint density at radius 1 is 1.27 bits per heavy atom. The molecule has 1 aliphatic heterocycles. The first-order chi connectivity index (χ1) is 10.5. The molecule has 0 spiro atoms. The van der Waals surface area contributed by atoms with Crippen molar-refractivity contribution in [1.29, 1.82) is 0 Å². The van der Waals surface area contributed by atoms with Crippen LogP contribution in [0.4, 0.5) is 0 Å². The zero-order chi connectivity index (χ0) is 15.9. The van der Waals surface area contributed by atoms with Crippen molar-refractivity contribution < 1.29 is 19.5 Å². The summed E-state index contributed by atoms with van der Waals surface area (Å²) in [4.78, 5) is 40.0. The van der Waals surface area contributed by atoms with E-state index < -0.39 is 12.0 Å². The largest absolute Gasteiger partial charge is 0.480 e. The molecule has 1 aromatic heterocycles. The lowest BCUT2D eigenvalue weighted by Gasteiger charge is -2.32. The number of nitrogens with zero attached hydrogens (tertiary/aromatic N) is 1. The van der Waals surface area contributed by atoms with Gasteiger partial charge in [0.1, 0.15) is 11.7 Å². The number of rotatable bonds is 3. The Labute approximate surface area is 128 Å². The van der Waals surface area contributed by atoms with Gasteiger partial charge in [-0.3, -0.25) is 9.59 Å². The third-order valence-corrected chi connectivity index (χ3v) is 4.93. The lowest BCUT2D eigenvalue weighted by atomic mass is 9.84. The van der Waals surface area contributed by atoms with Crippen LogP contribution in [0.3, 0.4) is 0 Å². The molecule has 0 radical (unpaired) electrons. The van der Waals surface area contributed by atoms with Crippen LogP contribution in [0.5, 0.6) is 0 Å². The lowest BCUT2D eigenvalue weighted by molar-refractivity contribution is -0.141. The fourth-order valence-electron chi connectivity index (χ4n) is 3.83. The van der Waals surface area contributed by atoms with Gasteiger partial charge >= 0.3 is 5.97 Å². The van der Waals surface area contributed by atoms with Crippen molar-refractivity contribution in [2.24, 2.45) is 5.92 Å². The standard InChI is InChI=1S/C16H20N2O4/c1-9(19)11-6-12(17-8-11)15(20)18-13-5-3-2-4-10(13)7-14(18)16(21)22/h6,8,10,13-14,17H,2-5,7H2,1H3,(H,21,22). The quantitative estimate of drug-likeness (QED) is 0.836. The first-order valence-corrected chi connectivity index (χ1v) is 7.74. The number of carboxylic acid groups (broad SMARTS) is 1. The number of hydrogen-bond donors (Lipinski definition) is 2. The molecule has 1 aliphatic carbocycles. The number of fused-ring (bicyclic) bond motifs is 1. The van der Waals surface area contributed by atoms with E-state index in [1.54, 1.807) is 0 Å². The second-order valence-corrected chi connectivity index (χ2v) is 6.27. The highest BCUT2D eigenvalue weighted by Crippen LogP contribution is 2.40. The minimum Gasteiger partial charge on any atom is -0.480 e. The molecular weight excluding hydrogens is 284 g/mol. The minimum atomic E-state index is -0.943. The van der Waals surface area contributed by atoms with E-state index in [0.29, 0.717) is 17.7 Å². The van der Waals surface area contributed by atoms with Crippen LogP contribution in [0.2, 0.25) is 0 Å². The molecular formula is C16H20N2O4. The van der Waals surface area contributed by atoms with Gasteiger partial charge in [-0.1, -0.05) is 12.8 Å². The van der Waals surface area contributed by atoms with E-state index in [2.05, 4.69) is 4.98 Å². The molecule has 0 aromatic carbocycles. The molecule has 0 bridgehead atoms. The van der Waals surface area contributed by atoms with Gasteiger partial charge in [0, 0.05) is 17.8 Å². The van der Waals surface area contributed by atoms with Crippen LogP contribution in [0.25, 0.3) is 0 Å². The second-order valence-electron chi connectivity index (χ2n) is 6.27. The number of H-pyrrole nitrogens is 1. The summed E-state index contributed by atoms with van der Waals surface area (Å²) in [5, 5.41) is 9.46. The van der Waals surface area contributed by atoms with Gasteiger partial charge < -0.3 is 15.0 Å². The normalized spacial score (nSPS) is 27.5. The van der Waals surface area contributed by atoms with E-state index in [4.69, 9.17) is 0 Å². The van der Waals surface area contributed by atoms with Crippen molar-refractivity contribution in [2.45, 2.75) is 51.1 Å². The lowest BCUT2D eigenvalue weighted by Crippen LogP contribution is -2.46. The predicted molar refractivity (Wildman–Crippen MR) is 78.8 cm³/mol. The van der Waals surface area contributed by atoms with E-state index in [1.807, 2.05) is 0 Å². The van der Waals surface area contributed by atoms with Gasteiger partial charge in [0.05, 0.1) is 0 Å². The first kappa shape index (κ1) is 14.8. The number of aliphatic carboxylic acids is 1. The van der Waals surface area contributed by atoms with Crippen molar-refractivity contribution in [3.8, 4) is 0 Å². The maximum Gasteiger partial charge on any atom is 0.326 e. The van der Waals surface area contributed by atoms with Crippen LogP contribution in [-0.4, -0.2) is 44.7 Å². The van der Waals surface area contributed by atoms with Crippen molar-refractivity contribution in [2.75, 3.05) is 0 Å². The summed E-state index contributed by atoms with van der Waals surface area (Å²) in [5.41, 5.74) is 0.734. The number of carboxylic acids is 1. The molecule has 2 N–H and O–H groups in total. The summed E-state index contributed by atoms with van der Waals surface area (Å²) in [5.74, 6) is -1.10. The zero-order valence-corrected chi connectivity index (χ0v) is 12.5. The van der Waals surface area contributed by atoms with Crippen LogP contribution in [-0.2, 0) is 4.79 Å². The monoisotopic (exact) mass is 304 g/mol. The topological polar surface area (TPSA) is 90.5 Å². The van der Waals surface area contributed by atoms with E-state index in [0.717, 1.165) is 25.7 Å². The Morgan fingerprint density at radius 3 is 2.64 bits per heavy atom. The molecule has 6 heteroatoms. The number of likely N-dealkylation sites (tertiary alicyclic amines) is 1. The third kappa shape index (κ3) is 2.42. The number of carbonyl (C=O) groups excluding carboxylic acids is 2. The molecule has 1 aromatic rings. The fourth-order valence-corrected chi connectivity index (χ4v) is 3.83. The molecule has 2 aliphatic rings. The molecule has 6 nitrogen and oxygen atoms in total. The van der Waals surface area contributed by atoms with Crippen LogP contribution < -0.4 is 0 Å². The predicted octanol–water partition coefficient (Wildman–Crippen LogP) is 2.08. The maximum absolute atomic E-state index is 12.8. The number of aromatic nitrogens is 1. The van der Waals surface area contributed by atoms with E-state index in [-0.39, 0.29) is 23.7 Å². The van der Waals surface area contributed by atoms with E-state index in [9.17, 15) is 19.5 Å². The molecule has 3 atom stereocenters. The maximum atomic E-state index is 12.8. The molecule has 22 heavy (non-hydrogen) atoms. The van der Waals surface area contributed by atoms with Gasteiger partial charge in [-0.2, -0.15) is 0 Å². The molecule has 1 saturated carbocycles. The number of carbonyl (C=O) groups is 3. The molecule has 2 fully saturated rings. The summed E-state index contributed by atoms with van der Waals surface area (Å²) in [7, 11) is 0. The second kappa shape index (κ2) is 5.59. The van der Waals surface area contributed by atoms with Crippen molar-refractivity contribution in [3.63, 3.8) is 0 Å². The van der Waals surface area contributed by atoms with Gasteiger partial charge in [0.25, 0.3) is 5.91 Å². The Kier molecular flexibility index (Phi) is 3.76. The van der Waals surface area contributed by atoms with Crippen molar-refractivity contribution in [1.82, 2.24) is 9.88 Å². The Morgan fingerprint density at radius 2 is 2.00 bits per heavy atom. The van der Waals surface area contributed by atoms with Gasteiger partial charge in [-0.25, -0.2) is 4.79 Å². The highest BCUT2D eigenvalue weighted by molar-refractivity contribution is 6.00. The van der Waals surface area contributed by atoms with Crippen LogP contribution in [0, 0.1) is 5.92 Å². The summed E-state index contributed by atoms with van der Waals surface area (Å²) in [6.45, 7) is 1.44. The SMILES string of the molecule is CC(=O)c1c[nH]c(C(=O)N2C(C(=O)O)CC3CCCCC32)c1. The average molecular weight is 304 g/mol. The number of hydrogen-bond acceptors (Lipinski definition) is 3. The average Bonchev–Trinajstić information content (AvgIpc) is 3.11. The Balaban J connectivity index is 1.89. The molecule has 118 valence electrons. The van der Waals surface area contributed by atoms with Gasteiger partial charge in [0.15, 0.2) is 5.78 Å². The third-order valence-electron chi connectivity index (χ3n) is 4.93. The first-order valence-electron chi connectivity index (χ1n) is 7.74. The summed E-state index contributed by atoms with van der Waals surface area (Å²) < 4.78 is 0. The molecule has 3 unspecified atom stereocenters. The fraction of sp³-hybridized carbons (Fsp3) is 0.562. The molecule has 3 rings (SSSR count). The zero-order valence-electron chi connectivity index (χ0n) is 12.5. The number of aromatic amines is 1. The molecule has 1 amide bonds. The van der Waals surface area contributed by atoms with Crippen LogP contribution in [0.15, 0.2) is 12.3 Å². The number of nitrogens with one attached hydrogen (secondary N) is 1. The van der Waals surface area contributed by atoms with Crippen molar-refractivity contribution >= 4 is 17.7 Å². The number of ketones is 1. The highest BCUT2D eigenvalue weighted by atomic mass is 16.4. The smallest absolute Gasteiger partial charge is 0.326 e.